The molecule has 9 nitrogen and oxygen atoms in total. The average molecular weight is 538 g/mol. The summed E-state index contributed by atoms with van der Waals surface area (Å²) in [5, 5.41) is 3.93. The molecule has 3 aromatic rings. The lowest BCUT2D eigenvalue weighted by Gasteiger charge is -2.21. The number of amides is 1. The topological polar surface area (TPSA) is 116 Å². The lowest BCUT2D eigenvalue weighted by Crippen LogP contribution is -2.33. The molecule has 1 aromatic carbocycles. The molecule has 1 aliphatic carbocycles. The number of ether oxygens (including phenoxy) is 1. The van der Waals surface area contributed by atoms with E-state index in [1.54, 1.807) is 0 Å². The fourth-order valence-electron chi connectivity index (χ4n) is 4.94. The maximum Gasteiger partial charge on any atom is 0.283 e. The first-order valence-electron chi connectivity index (χ1n) is 13.1. The third-order valence-corrected chi connectivity index (χ3v) is 8.25. The van der Waals surface area contributed by atoms with Crippen molar-refractivity contribution in [3.63, 3.8) is 0 Å². The van der Waals surface area contributed by atoms with Gasteiger partial charge in [0.1, 0.15) is 11.4 Å². The minimum Gasteiger partial charge on any atom is -0.470 e. The molecule has 0 atom stereocenters. The molecule has 202 valence electrons. The minimum absolute atomic E-state index is 0.0608. The van der Waals surface area contributed by atoms with E-state index in [2.05, 4.69) is 59.6 Å². The molecule has 0 bridgehead atoms. The van der Waals surface area contributed by atoms with E-state index in [1.807, 2.05) is 26.2 Å². The SMILES string of the molecule is CC(C)c1cc(-c2cnc(C3CC3)nc2)cc(C(C)C)c1CC(=O)NS(=O)(=O)c1cc2n(n1)CC(C)(C)O2. The van der Waals surface area contributed by atoms with E-state index in [1.165, 1.54) is 10.7 Å². The number of benzene rings is 1. The summed E-state index contributed by atoms with van der Waals surface area (Å²) >= 11 is 0. The number of carbonyl (C=O) groups excluding carboxylic acids is 1. The van der Waals surface area contributed by atoms with Gasteiger partial charge in [0.2, 0.25) is 16.8 Å². The van der Waals surface area contributed by atoms with Gasteiger partial charge in [-0.2, -0.15) is 13.5 Å². The fourth-order valence-corrected chi connectivity index (χ4v) is 5.88. The van der Waals surface area contributed by atoms with Crippen LogP contribution in [0.15, 0.2) is 35.6 Å². The summed E-state index contributed by atoms with van der Waals surface area (Å²) in [6, 6.07) is 5.50. The van der Waals surface area contributed by atoms with Crippen LogP contribution in [0, 0.1) is 0 Å². The molecule has 1 fully saturated rings. The molecule has 0 radical (unpaired) electrons. The molecule has 1 aliphatic heterocycles. The van der Waals surface area contributed by atoms with Crippen molar-refractivity contribution in [2.24, 2.45) is 0 Å². The number of sulfonamides is 1. The van der Waals surface area contributed by atoms with Crippen molar-refractivity contribution in [2.75, 3.05) is 0 Å². The molecule has 3 heterocycles. The van der Waals surface area contributed by atoms with Crippen LogP contribution in [0.5, 0.6) is 5.88 Å². The average Bonchev–Trinajstić information content (AvgIpc) is 3.53. The van der Waals surface area contributed by atoms with Crippen LogP contribution in [0.2, 0.25) is 0 Å². The molecule has 2 aliphatic rings. The Morgan fingerprint density at radius 2 is 1.66 bits per heavy atom. The van der Waals surface area contributed by atoms with Gasteiger partial charge in [-0.25, -0.2) is 19.4 Å². The zero-order valence-corrected chi connectivity index (χ0v) is 23.6. The number of nitrogens with zero attached hydrogens (tertiary/aromatic N) is 4. The number of hydrogen-bond donors (Lipinski definition) is 1. The number of hydrogen-bond acceptors (Lipinski definition) is 7. The van der Waals surface area contributed by atoms with Gasteiger partial charge in [0, 0.05) is 29.9 Å². The standard InChI is InChI=1S/C28H35N5O4S/c1-16(2)21-9-19(20-13-29-27(30-14-20)18-7-8-18)10-22(17(3)4)23(21)11-24(34)32-38(35,36)25-12-26-33(31-25)15-28(5,6)37-26/h9-10,12-14,16-18H,7-8,11,15H2,1-6H3,(H,32,34). The summed E-state index contributed by atoms with van der Waals surface area (Å²) in [6.07, 6.45) is 5.98. The Labute approximate surface area is 224 Å². The highest BCUT2D eigenvalue weighted by atomic mass is 32.2. The van der Waals surface area contributed by atoms with Gasteiger partial charge in [-0.1, -0.05) is 39.8 Å². The quantitative estimate of drug-likeness (QED) is 0.443. The van der Waals surface area contributed by atoms with Crippen LogP contribution in [0.4, 0.5) is 0 Å². The van der Waals surface area contributed by atoms with E-state index in [-0.39, 0.29) is 23.3 Å². The second-order valence-corrected chi connectivity index (χ2v) is 13.2. The maximum absolute atomic E-state index is 13.1. The zero-order valence-electron chi connectivity index (χ0n) is 22.8. The molecule has 10 heteroatoms. The summed E-state index contributed by atoms with van der Waals surface area (Å²) in [4.78, 5) is 22.3. The van der Waals surface area contributed by atoms with Gasteiger partial charge in [0.05, 0.1) is 13.0 Å². The van der Waals surface area contributed by atoms with Crippen LogP contribution < -0.4 is 9.46 Å². The van der Waals surface area contributed by atoms with Crippen LogP contribution in [-0.4, -0.2) is 39.7 Å². The fraction of sp³-hybridized carbons (Fsp3) is 0.500. The van der Waals surface area contributed by atoms with Crippen molar-refractivity contribution in [3.8, 4) is 17.0 Å². The molecule has 1 N–H and O–H groups in total. The predicted molar refractivity (Wildman–Crippen MR) is 144 cm³/mol. The summed E-state index contributed by atoms with van der Waals surface area (Å²) in [5.41, 5.74) is 4.32. The van der Waals surface area contributed by atoms with Gasteiger partial charge in [0.25, 0.3) is 10.0 Å². The van der Waals surface area contributed by atoms with Crippen molar-refractivity contribution < 1.29 is 17.9 Å². The summed E-state index contributed by atoms with van der Waals surface area (Å²) in [6.45, 7) is 12.5. The minimum atomic E-state index is -4.15. The van der Waals surface area contributed by atoms with Crippen LogP contribution in [-0.2, 0) is 27.8 Å². The Kier molecular flexibility index (Phi) is 6.57. The lowest BCUT2D eigenvalue weighted by atomic mass is 9.84. The van der Waals surface area contributed by atoms with Gasteiger partial charge >= 0.3 is 0 Å². The number of aromatic nitrogens is 4. The summed E-state index contributed by atoms with van der Waals surface area (Å²) in [5.74, 6) is 1.39. The van der Waals surface area contributed by atoms with E-state index < -0.39 is 21.5 Å². The normalized spacial score (nSPS) is 16.5. The van der Waals surface area contributed by atoms with E-state index in [9.17, 15) is 13.2 Å². The summed E-state index contributed by atoms with van der Waals surface area (Å²) in [7, 11) is -4.15. The monoisotopic (exact) mass is 537 g/mol. The Hall–Kier alpha value is -3.27. The van der Waals surface area contributed by atoms with Crippen molar-refractivity contribution in [1.82, 2.24) is 24.5 Å². The lowest BCUT2D eigenvalue weighted by molar-refractivity contribution is -0.118. The molecule has 2 aromatic heterocycles. The highest BCUT2D eigenvalue weighted by Gasteiger charge is 2.34. The van der Waals surface area contributed by atoms with Crippen LogP contribution >= 0.6 is 0 Å². The van der Waals surface area contributed by atoms with Crippen LogP contribution in [0.3, 0.4) is 0 Å². The molecule has 38 heavy (non-hydrogen) atoms. The Morgan fingerprint density at radius 1 is 1.05 bits per heavy atom. The highest BCUT2D eigenvalue weighted by molar-refractivity contribution is 7.90. The number of rotatable bonds is 8. The molecule has 1 amide bonds. The highest BCUT2D eigenvalue weighted by Crippen LogP contribution is 2.39. The molecule has 0 unspecified atom stereocenters. The number of carbonyl (C=O) groups is 1. The van der Waals surface area contributed by atoms with Crippen LogP contribution in [0.25, 0.3) is 11.1 Å². The third-order valence-electron chi connectivity index (χ3n) is 7.00. The van der Waals surface area contributed by atoms with Crippen molar-refractivity contribution in [2.45, 2.75) is 95.7 Å². The molecule has 5 rings (SSSR count). The van der Waals surface area contributed by atoms with E-state index in [0.717, 1.165) is 46.5 Å². The van der Waals surface area contributed by atoms with E-state index in [4.69, 9.17) is 4.74 Å². The first-order chi connectivity index (χ1) is 17.8. The first-order valence-corrected chi connectivity index (χ1v) is 14.6. The van der Waals surface area contributed by atoms with Gasteiger partial charge in [-0.15, -0.1) is 0 Å². The van der Waals surface area contributed by atoms with Crippen LogP contribution in [0.1, 0.15) is 94.7 Å². The molecule has 0 saturated heterocycles. The first kappa shape index (κ1) is 26.3. The largest absolute Gasteiger partial charge is 0.470 e. The second-order valence-electron chi connectivity index (χ2n) is 11.6. The van der Waals surface area contributed by atoms with E-state index >= 15 is 0 Å². The molecule has 1 saturated carbocycles. The van der Waals surface area contributed by atoms with Crippen molar-refractivity contribution in [3.05, 3.63) is 53.1 Å². The third kappa shape index (κ3) is 5.32. The number of fused-ring (bicyclic) bond motifs is 1. The summed E-state index contributed by atoms with van der Waals surface area (Å²) < 4.78 is 35.4. The predicted octanol–water partition coefficient (Wildman–Crippen LogP) is 4.68. The Balaban J connectivity index is 1.41. The van der Waals surface area contributed by atoms with E-state index in [0.29, 0.717) is 18.3 Å². The van der Waals surface area contributed by atoms with Gasteiger partial charge in [-0.3, -0.25) is 4.79 Å². The maximum atomic E-state index is 13.1. The molecule has 0 spiro atoms. The smallest absolute Gasteiger partial charge is 0.283 e. The van der Waals surface area contributed by atoms with Gasteiger partial charge in [-0.05, 0) is 60.8 Å². The van der Waals surface area contributed by atoms with Gasteiger partial charge in [0.15, 0.2) is 0 Å². The Bertz CT molecular complexity index is 1430. The molecular weight excluding hydrogens is 502 g/mol. The second kappa shape index (κ2) is 9.48. The molecular formula is C28H35N5O4S. The zero-order chi connectivity index (χ0) is 27.4. The van der Waals surface area contributed by atoms with Crippen molar-refractivity contribution in [1.29, 1.82) is 0 Å². The number of nitrogens with one attached hydrogen (secondary N) is 1. The van der Waals surface area contributed by atoms with Crippen molar-refractivity contribution >= 4 is 15.9 Å². The Morgan fingerprint density at radius 3 is 2.18 bits per heavy atom. The van der Waals surface area contributed by atoms with Gasteiger partial charge < -0.3 is 4.74 Å².